The molecule has 1 heterocycles. The monoisotopic (exact) mass is 332 g/mol. The number of aromatic hydroxyl groups is 1. The minimum atomic E-state index is -3.71. The van der Waals surface area contributed by atoms with E-state index in [1.165, 1.54) is 12.3 Å². The lowest BCUT2D eigenvalue weighted by molar-refractivity contribution is 0.475. The summed E-state index contributed by atoms with van der Waals surface area (Å²) in [5.41, 5.74) is 0.526. The van der Waals surface area contributed by atoms with Crippen molar-refractivity contribution in [3.63, 3.8) is 0 Å². The Labute approximate surface area is 126 Å². The Bertz CT molecular complexity index is 735. The molecular formula is C12H10Cl2N2O3S. The molecule has 0 radical (unpaired) electrons. The van der Waals surface area contributed by atoms with Crippen LogP contribution in [0.3, 0.4) is 0 Å². The number of benzene rings is 1. The summed E-state index contributed by atoms with van der Waals surface area (Å²) in [7, 11) is -3.71. The number of hydrogen-bond acceptors (Lipinski definition) is 4. The molecule has 2 rings (SSSR count). The summed E-state index contributed by atoms with van der Waals surface area (Å²) in [4.78, 5) is 3.72. The molecule has 0 aliphatic carbocycles. The third-order valence-electron chi connectivity index (χ3n) is 2.33. The Hall–Kier alpha value is -1.50. The van der Waals surface area contributed by atoms with E-state index >= 15 is 0 Å². The molecule has 0 saturated carbocycles. The molecule has 1 aromatic heterocycles. The molecule has 0 aliphatic rings. The molecule has 106 valence electrons. The summed E-state index contributed by atoms with van der Waals surface area (Å²) < 4.78 is 26.2. The van der Waals surface area contributed by atoms with Gasteiger partial charge in [0.15, 0.2) is 11.6 Å². The highest BCUT2D eigenvalue weighted by molar-refractivity contribution is 7.91. The second-order valence-corrected chi connectivity index (χ2v) is 6.61. The maximum Gasteiger partial charge on any atom is 0.238 e. The van der Waals surface area contributed by atoms with E-state index in [-0.39, 0.29) is 22.3 Å². The van der Waals surface area contributed by atoms with Crippen LogP contribution in [0.2, 0.25) is 10.0 Å². The lowest BCUT2D eigenvalue weighted by Gasteiger charge is -2.09. The van der Waals surface area contributed by atoms with Gasteiger partial charge in [-0.25, -0.2) is 13.4 Å². The van der Waals surface area contributed by atoms with Crippen LogP contribution < -0.4 is 4.72 Å². The third kappa shape index (κ3) is 4.00. The second kappa shape index (κ2) is 5.87. The van der Waals surface area contributed by atoms with Gasteiger partial charge in [-0.3, -0.25) is 4.72 Å². The summed E-state index contributed by atoms with van der Waals surface area (Å²) in [6.45, 7) is 0. The van der Waals surface area contributed by atoms with E-state index in [0.29, 0.717) is 10.6 Å². The highest BCUT2D eigenvalue weighted by atomic mass is 35.5. The standard InChI is InChI=1S/C12H10Cl2N2O3S/c13-9-3-1-2-8(4-9)7-20(18,19)16-12-11(17)5-10(14)6-15-12/h1-6,17H,7H2,(H,15,16). The van der Waals surface area contributed by atoms with E-state index in [4.69, 9.17) is 23.2 Å². The molecule has 8 heteroatoms. The Morgan fingerprint density at radius 2 is 1.95 bits per heavy atom. The van der Waals surface area contributed by atoms with Gasteiger partial charge >= 0.3 is 0 Å². The van der Waals surface area contributed by atoms with Gasteiger partial charge in [-0.1, -0.05) is 35.3 Å². The van der Waals surface area contributed by atoms with E-state index in [0.717, 1.165) is 0 Å². The second-order valence-electron chi connectivity index (χ2n) is 4.01. The van der Waals surface area contributed by atoms with Crippen molar-refractivity contribution in [1.29, 1.82) is 0 Å². The van der Waals surface area contributed by atoms with E-state index < -0.39 is 10.0 Å². The van der Waals surface area contributed by atoms with E-state index in [1.54, 1.807) is 24.3 Å². The van der Waals surface area contributed by atoms with Gasteiger partial charge in [0.1, 0.15) is 0 Å². The number of aromatic nitrogens is 1. The van der Waals surface area contributed by atoms with Gasteiger partial charge in [0.05, 0.1) is 10.8 Å². The van der Waals surface area contributed by atoms with Crippen molar-refractivity contribution in [1.82, 2.24) is 4.98 Å². The minimum absolute atomic E-state index is 0.170. The molecule has 0 saturated heterocycles. The summed E-state index contributed by atoms with van der Waals surface area (Å²) >= 11 is 11.4. The van der Waals surface area contributed by atoms with Crippen LogP contribution in [0.4, 0.5) is 5.82 Å². The molecule has 0 amide bonds. The Morgan fingerprint density at radius 3 is 2.60 bits per heavy atom. The Kier molecular flexibility index (Phi) is 4.37. The van der Waals surface area contributed by atoms with Crippen LogP contribution in [-0.4, -0.2) is 18.5 Å². The normalized spacial score (nSPS) is 11.3. The number of pyridine rings is 1. The van der Waals surface area contributed by atoms with Gasteiger partial charge in [0.2, 0.25) is 10.0 Å². The van der Waals surface area contributed by atoms with Crippen LogP contribution in [0, 0.1) is 0 Å². The molecule has 0 atom stereocenters. The van der Waals surface area contributed by atoms with Gasteiger partial charge in [-0.2, -0.15) is 0 Å². The zero-order chi connectivity index (χ0) is 14.8. The summed E-state index contributed by atoms with van der Waals surface area (Å²) in [6.07, 6.45) is 1.23. The first kappa shape index (κ1) is 14.9. The highest BCUT2D eigenvalue weighted by Gasteiger charge is 2.15. The van der Waals surface area contributed by atoms with Crippen LogP contribution >= 0.6 is 23.2 Å². The lowest BCUT2D eigenvalue weighted by Crippen LogP contribution is -2.16. The number of halogens is 2. The lowest BCUT2D eigenvalue weighted by atomic mass is 10.2. The average molecular weight is 333 g/mol. The van der Waals surface area contributed by atoms with Crippen molar-refractivity contribution < 1.29 is 13.5 Å². The summed E-state index contributed by atoms with van der Waals surface area (Å²) in [6, 6.07) is 7.70. The Balaban J connectivity index is 2.19. The highest BCUT2D eigenvalue weighted by Crippen LogP contribution is 2.25. The SMILES string of the molecule is O=S(=O)(Cc1cccc(Cl)c1)Nc1ncc(Cl)cc1O. The first-order chi connectivity index (χ1) is 9.35. The van der Waals surface area contributed by atoms with Gasteiger partial charge in [0.25, 0.3) is 0 Å². The van der Waals surface area contributed by atoms with E-state index in [9.17, 15) is 13.5 Å². The maximum absolute atomic E-state index is 12.0. The molecule has 1 aromatic carbocycles. The number of hydrogen-bond donors (Lipinski definition) is 2. The van der Waals surface area contributed by atoms with Crippen molar-refractivity contribution >= 4 is 39.0 Å². The fourth-order valence-electron chi connectivity index (χ4n) is 1.54. The molecule has 0 spiro atoms. The maximum atomic E-state index is 12.0. The molecule has 0 aliphatic heterocycles. The van der Waals surface area contributed by atoms with Gasteiger partial charge in [-0.05, 0) is 17.7 Å². The number of anilines is 1. The van der Waals surface area contributed by atoms with Crippen molar-refractivity contribution in [3.8, 4) is 5.75 Å². The average Bonchev–Trinajstić information content (AvgIpc) is 2.32. The zero-order valence-corrected chi connectivity index (χ0v) is 12.4. The first-order valence-electron chi connectivity index (χ1n) is 5.45. The predicted octanol–water partition coefficient (Wildman–Crippen LogP) is 3.04. The molecule has 0 bridgehead atoms. The third-order valence-corrected chi connectivity index (χ3v) is 3.99. The molecule has 0 fully saturated rings. The van der Waals surface area contributed by atoms with Crippen LogP contribution in [-0.2, 0) is 15.8 Å². The van der Waals surface area contributed by atoms with Crippen molar-refractivity contribution in [2.75, 3.05) is 4.72 Å². The van der Waals surface area contributed by atoms with Crippen molar-refractivity contribution in [2.45, 2.75) is 5.75 Å². The fourth-order valence-corrected chi connectivity index (χ4v) is 3.04. The predicted molar refractivity (Wildman–Crippen MR) is 78.6 cm³/mol. The molecular weight excluding hydrogens is 323 g/mol. The van der Waals surface area contributed by atoms with Crippen LogP contribution in [0.1, 0.15) is 5.56 Å². The largest absolute Gasteiger partial charge is 0.504 e. The Morgan fingerprint density at radius 1 is 1.20 bits per heavy atom. The van der Waals surface area contributed by atoms with Crippen LogP contribution in [0.5, 0.6) is 5.75 Å². The molecule has 2 aromatic rings. The number of sulfonamides is 1. The molecule has 20 heavy (non-hydrogen) atoms. The summed E-state index contributed by atoms with van der Waals surface area (Å²) in [5, 5.41) is 10.2. The number of nitrogens with zero attached hydrogens (tertiary/aromatic N) is 1. The smallest absolute Gasteiger partial charge is 0.238 e. The van der Waals surface area contributed by atoms with Gasteiger partial charge in [0, 0.05) is 17.3 Å². The summed E-state index contributed by atoms with van der Waals surface area (Å²) in [5.74, 6) is -0.791. The fraction of sp³-hybridized carbons (Fsp3) is 0.0833. The topological polar surface area (TPSA) is 79.3 Å². The van der Waals surface area contributed by atoms with Crippen LogP contribution in [0.15, 0.2) is 36.5 Å². The number of rotatable bonds is 4. The molecule has 0 unspecified atom stereocenters. The quantitative estimate of drug-likeness (QED) is 0.901. The minimum Gasteiger partial charge on any atom is -0.504 e. The zero-order valence-electron chi connectivity index (χ0n) is 10.0. The first-order valence-corrected chi connectivity index (χ1v) is 7.86. The van der Waals surface area contributed by atoms with E-state index in [1.807, 2.05) is 0 Å². The molecule has 5 nitrogen and oxygen atoms in total. The van der Waals surface area contributed by atoms with Gasteiger partial charge in [-0.15, -0.1) is 0 Å². The van der Waals surface area contributed by atoms with E-state index in [2.05, 4.69) is 9.71 Å². The van der Waals surface area contributed by atoms with Crippen molar-refractivity contribution in [3.05, 3.63) is 52.1 Å². The van der Waals surface area contributed by atoms with Gasteiger partial charge < -0.3 is 5.11 Å². The van der Waals surface area contributed by atoms with Crippen molar-refractivity contribution in [2.24, 2.45) is 0 Å². The number of nitrogens with one attached hydrogen (secondary N) is 1. The molecule has 2 N–H and O–H groups in total. The van der Waals surface area contributed by atoms with Crippen LogP contribution in [0.25, 0.3) is 0 Å².